The smallest absolute Gasteiger partial charge is 0.226 e. The Morgan fingerprint density at radius 3 is 2.89 bits per heavy atom. The van der Waals surface area contributed by atoms with Gasteiger partial charge in [-0.15, -0.1) is 11.3 Å². The first-order chi connectivity index (χ1) is 8.57. The minimum Gasteiger partial charge on any atom is -0.349 e. The molecule has 1 atom stereocenters. The normalized spacial score (nSPS) is 18.4. The third-order valence-electron chi connectivity index (χ3n) is 3.57. The van der Waals surface area contributed by atoms with Crippen LogP contribution in [0.4, 0.5) is 0 Å². The van der Waals surface area contributed by atoms with Gasteiger partial charge in [0.1, 0.15) is 0 Å². The van der Waals surface area contributed by atoms with Crippen LogP contribution in [0.5, 0.6) is 0 Å². The van der Waals surface area contributed by atoms with Crippen molar-refractivity contribution in [2.24, 2.45) is 11.7 Å². The number of thiazole rings is 1. The second-order valence-corrected chi connectivity index (χ2v) is 6.15. The van der Waals surface area contributed by atoms with Crippen molar-refractivity contribution in [2.45, 2.75) is 45.1 Å². The lowest BCUT2D eigenvalue weighted by atomic mass is 9.95. The van der Waals surface area contributed by atoms with Crippen molar-refractivity contribution in [3.63, 3.8) is 0 Å². The number of hydrogen-bond donors (Lipinski definition) is 2. The molecule has 3 N–H and O–H groups in total. The Labute approximate surface area is 112 Å². The maximum absolute atomic E-state index is 12.0. The molecule has 1 aromatic heterocycles. The third kappa shape index (κ3) is 3.09. The van der Waals surface area contributed by atoms with Gasteiger partial charge in [0.2, 0.25) is 5.91 Å². The number of carbonyl (C=O) groups excluding carboxylic acids is 1. The molecule has 0 saturated heterocycles. The summed E-state index contributed by atoms with van der Waals surface area (Å²) >= 11 is 1.62. The van der Waals surface area contributed by atoms with Gasteiger partial charge in [-0.25, -0.2) is 4.98 Å². The Balaban J connectivity index is 1.91. The van der Waals surface area contributed by atoms with Crippen LogP contribution in [0.2, 0.25) is 0 Å². The average Bonchev–Trinajstić information content (AvgIpc) is 3.11. The molecule has 4 nitrogen and oxygen atoms in total. The van der Waals surface area contributed by atoms with Crippen molar-refractivity contribution in [2.75, 3.05) is 6.54 Å². The maximum atomic E-state index is 12.0. The number of nitrogens with two attached hydrogens (primary N) is 1. The van der Waals surface area contributed by atoms with Gasteiger partial charge in [0.05, 0.1) is 22.7 Å². The van der Waals surface area contributed by atoms with E-state index in [4.69, 9.17) is 5.73 Å². The molecular formula is C13H21N3OS. The highest BCUT2D eigenvalue weighted by molar-refractivity contribution is 7.09. The van der Waals surface area contributed by atoms with Crippen molar-refractivity contribution < 1.29 is 4.79 Å². The zero-order valence-corrected chi connectivity index (χ0v) is 11.8. The summed E-state index contributed by atoms with van der Waals surface area (Å²) in [4.78, 5) is 16.4. The van der Waals surface area contributed by atoms with Crippen molar-refractivity contribution in [3.8, 4) is 0 Å². The van der Waals surface area contributed by atoms with E-state index in [1.807, 2.05) is 12.3 Å². The molecule has 1 aromatic rings. The molecule has 1 aliphatic rings. The van der Waals surface area contributed by atoms with Crippen LogP contribution in [0.1, 0.15) is 37.4 Å². The summed E-state index contributed by atoms with van der Waals surface area (Å²) in [5.41, 5.74) is 6.42. The average molecular weight is 267 g/mol. The minimum absolute atomic E-state index is 0.0304. The Kier molecular flexibility index (Phi) is 4.02. The summed E-state index contributed by atoms with van der Waals surface area (Å²) < 4.78 is 0. The van der Waals surface area contributed by atoms with E-state index in [0.717, 1.165) is 17.1 Å². The topological polar surface area (TPSA) is 68.0 Å². The molecule has 0 aromatic carbocycles. The summed E-state index contributed by atoms with van der Waals surface area (Å²) in [5.74, 6) is 0.580. The number of carbonyl (C=O) groups is 1. The molecule has 1 amide bonds. The zero-order valence-electron chi connectivity index (χ0n) is 11.0. The predicted molar refractivity (Wildman–Crippen MR) is 73.5 cm³/mol. The lowest BCUT2D eigenvalue weighted by Crippen LogP contribution is -2.53. The molecule has 18 heavy (non-hydrogen) atoms. The van der Waals surface area contributed by atoms with Gasteiger partial charge in [-0.3, -0.25) is 4.79 Å². The van der Waals surface area contributed by atoms with Crippen molar-refractivity contribution in [1.82, 2.24) is 10.3 Å². The van der Waals surface area contributed by atoms with E-state index >= 15 is 0 Å². The van der Waals surface area contributed by atoms with Gasteiger partial charge in [-0.1, -0.05) is 6.92 Å². The highest BCUT2D eigenvalue weighted by Gasteiger charge is 2.41. The van der Waals surface area contributed by atoms with Gasteiger partial charge in [-0.05, 0) is 32.1 Å². The largest absolute Gasteiger partial charge is 0.349 e. The highest BCUT2D eigenvalue weighted by Crippen LogP contribution is 2.38. The first-order valence-corrected chi connectivity index (χ1v) is 7.39. The van der Waals surface area contributed by atoms with Crippen LogP contribution in [-0.4, -0.2) is 23.0 Å². The molecular weight excluding hydrogens is 246 g/mol. The fourth-order valence-electron chi connectivity index (χ4n) is 2.16. The van der Waals surface area contributed by atoms with Crippen LogP contribution in [0, 0.1) is 5.92 Å². The quantitative estimate of drug-likeness (QED) is 0.820. The van der Waals surface area contributed by atoms with Crippen LogP contribution < -0.4 is 11.1 Å². The molecule has 1 fully saturated rings. The minimum atomic E-state index is -0.235. The van der Waals surface area contributed by atoms with Gasteiger partial charge < -0.3 is 11.1 Å². The summed E-state index contributed by atoms with van der Waals surface area (Å²) in [5, 5.41) is 6.13. The third-order valence-corrected chi connectivity index (χ3v) is 4.61. The molecule has 0 aliphatic heterocycles. The Morgan fingerprint density at radius 2 is 2.39 bits per heavy atom. The van der Waals surface area contributed by atoms with E-state index in [1.54, 1.807) is 11.3 Å². The van der Waals surface area contributed by atoms with E-state index in [2.05, 4.69) is 17.2 Å². The molecule has 1 saturated carbocycles. The number of nitrogens with zero attached hydrogens (tertiary/aromatic N) is 1. The lowest BCUT2D eigenvalue weighted by molar-refractivity contribution is -0.122. The Hall–Kier alpha value is -0.940. The monoisotopic (exact) mass is 267 g/mol. The van der Waals surface area contributed by atoms with Gasteiger partial charge in [0.15, 0.2) is 0 Å². The molecule has 100 valence electrons. The van der Waals surface area contributed by atoms with Crippen molar-refractivity contribution >= 4 is 17.2 Å². The van der Waals surface area contributed by atoms with Crippen LogP contribution in [0.25, 0.3) is 0 Å². The van der Waals surface area contributed by atoms with E-state index in [-0.39, 0.29) is 11.4 Å². The number of amides is 1. The van der Waals surface area contributed by atoms with E-state index in [1.165, 1.54) is 12.8 Å². The maximum Gasteiger partial charge on any atom is 0.226 e. The molecule has 1 heterocycles. The summed E-state index contributed by atoms with van der Waals surface area (Å²) in [6.45, 7) is 4.61. The number of nitrogens with one attached hydrogen (secondary N) is 1. The molecule has 0 bridgehead atoms. The second kappa shape index (κ2) is 5.36. The molecule has 1 aliphatic carbocycles. The van der Waals surface area contributed by atoms with Gasteiger partial charge in [0.25, 0.3) is 0 Å². The van der Waals surface area contributed by atoms with Crippen LogP contribution in [-0.2, 0) is 17.6 Å². The fraction of sp³-hybridized carbons (Fsp3) is 0.692. The molecule has 0 radical (unpaired) electrons. The standard InChI is InChI=1S/C13H21N3OS/c1-3-12-15-10(7-18-12)6-11(17)16-13(2,8-14)9-4-5-9/h7,9H,3-6,8,14H2,1-2H3,(H,16,17). The molecule has 1 unspecified atom stereocenters. The summed E-state index contributed by atoms with van der Waals surface area (Å²) in [6.07, 6.45) is 3.63. The van der Waals surface area contributed by atoms with Crippen LogP contribution >= 0.6 is 11.3 Å². The summed E-state index contributed by atoms with van der Waals surface area (Å²) in [7, 11) is 0. The van der Waals surface area contributed by atoms with E-state index in [9.17, 15) is 4.79 Å². The predicted octanol–water partition coefficient (Wildman–Crippen LogP) is 1.49. The van der Waals surface area contributed by atoms with Gasteiger partial charge >= 0.3 is 0 Å². The lowest BCUT2D eigenvalue weighted by Gasteiger charge is -2.29. The first-order valence-electron chi connectivity index (χ1n) is 6.51. The Morgan fingerprint density at radius 1 is 1.67 bits per heavy atom. The first kappa shape index (κ1) is 13.5. The van der Waals surface area contributed by atoms with Crippen molar-refractivity contribution in [1.29, 1.82) is 0 Å². The van der Waals surface area contributed by atoms with Crippen molar-refractivity contribution in [3.05, 3.63) is 16.1 Å². The Bertz CT molecular complexity index is 428. The summed E-state index contributed by atoms with van der Waals surface area (Å²) in [6, 6.07) is 0. The second-order valence-electron chi connectivity index (χ2n) is 5.21. The zero-order chi connectivity index (χ0) is 13.2. The van der Waals surface area contributed by atoms with Gasteiger partial charge in [0, 0.05) is 11.9 Å². The SMILES string of the molecule is CCc1nc(CC(=O)NC(C)(CN)C2CC2)cs1. The van der Waals surface area contributed by atoms with E-state index in [0.29, 0.717) is 18.9 Å². The highest BCUT2D eigenvalue weighted by atomic mass is 32.1. The van der Waals surface area contributed by atoms with Crippen LogP contribution in [0.3, 0.4) is 0 Å². The molecule has 2 rings (SSSR count). The van der Waals surface area contributed by atoms with Gasteiger partial charge in [-0.2, -0.15) is 0 Å². The number of aromatic nitrogens is 1. The number of rotatable bonds is 6. The molecule has 0 spiro atoms. The molecule has 5 heteroatoms. The number of aryl methyl sites for hydroxylation is 1. The van der Waals surface area contributed by atoms with E-state index < -0.39 is 0 Å². The van der Waals surface area contributed by atoms with Crippen LogP contribution in [0.15, 0.2) is 5.38 Å². The fourth-order valence-corrected chi connectivity index (χ4v) is 2.90. The number of hydrogen-bond acceptors (Lipinski definition) is 4.